The van der Waals surface area contributed by atoms with E-state index in [4.69, 9.17) is 5.11 Å². The first kappa shape index (κ1) is 13.2. The molecule has 4 heteroatoms. The van der Waals surface area contributed by atoms with Gasteiger partial charge in [0.15, 0.2) is 0 Å². The van der Waals surface area contributed by atoms with Gasteiger partial charge in [0.25, 0.3) is 0 Å². The largest absolute Gasteiger partial charge is 0.392 e. The molecule has 1 aromatic carbocycles. The van der Waals surface area contributed by atoms with E-state index in [0.717, 1.165) is 10.0 Å². The molecule has 0 aliphatic heterocycles. The fourth-order valence-electron chi connectivity index (χ4n) is 1.30. The Bertz CT molecular complexity index is 353. The Morgan fingerprint density at radius 3 is 2.94 bits per heavy atom. The molecule has 0 radical (unpaired) electrons. The number of aliphatic hydroxyl groups excluding tert-OH is 1. The molecule has 16 heavy (non-hydrogen) atoms. The lowest BCUT2D eigenvalue weighted by Crippen LogP contribution is -2.30. The summed E-state index contributed by atoms with van der Waals surface area (Å²) >= 11 is 3.39. The fraction of sp³-hybridized carbons (Fsp3) is 0.417. The summed E-state index contributed by atoms with van der Waals surface area (Å²) in [6.07, 6.45) is 0.670. The van der Waals surface area contributed by atoms with Crippen LogP contribution in [0.2, 0.25) is 0 Å². The Hall–Kier alpha value is -0.870. The number of carbonyl (C=O) groups is 1. The van der Waals surface area contributed by atoms with Crippen molar-refractivity contribution in [2.24, 2.45) is 0 Å². The minimum Gasteiger partial charge on any atom is -0.392 e. The molecule has 0 aliphatic rings. The van der Waals surface area contributed by atoms with Crippen molar-refractivity contribution in [3.8, 4) is 0 Å². The molecule has 0 saturated carbocycles. The summed E-state index contributed by atoms with van der Waals surface area (Å²) in [6.45, 7) is 1.96. The van der Waals surface area contributed by atoms with Gasteiger partial charge >= 0.3 is 0 Å². The molecule has 0 heterocycles. The summed E-state index contributed by atoms with van der Waals surface area (Å²) in [5, 5.41) is 11.7. The normalized spacial score (nSPS) is 12.2. The molecule has 1 rings (SSSR count). The third-order valence-corrected chi connectivity index (χ3v) is 2.62. The maximum absolute atomic E-state index is 11.4. The second-order valence-electron chi connectivity index (χ2n) is 3.78. The summed E-state index contributed by atoms with van der Waals surface area (Å²) in [4.78, 5) is 11.4. The number of carbonyl (C=O) groups excluding carboxylic acids is 1. The van der Waals surface area contributed by atoms with E-state index in [1.54, 1.807) is 6.92 Å². The minimum absolute atomic E-state index is 0.0270. The number of rotatable bonds is 5. The van der Waals surface area contributed by atoms with Crippen LogP contribution in [-0.4, -0.2) is 23.7 Å². The van der Waals surface area contributed by atoms with Crippen LogP contribution < -0.4 is 5.32 Å². The molecule has 3 nitrogen and oxygen atoms in total. The van der Waals surface area contributed by atoms with Crippen LogP contribution in [0.4, 0.5) is 0 Å². The molecule has 0 bridgehead atoms. The Balaban J connectivity index is 2.31. The highest BCUT2D eigenvalue weighted by Gasteiger charge is 2.03. The Labute approximate surface area is 104 Å². The lowest BCUT2D eigenvalue weighted by molar-refractivity contribution is -0.121. The number of amides is 1. The molecular weight excluding hydrogens is 270 g/mol. The van der Waals surface area contributed by atoms with Crippen molar-refractivity contribution in [1.29, 1.82) is 0 Å². The van der Waals surface area contributed by atoms with Crippen LogP contribution in [0.3, 0.4) is 0 Å². The SMILES string of the molecule is C[C@@H](O)CNC(=O)CCc1cccc(Br)c1. The summed E-state index contributed by atoms with van der Waals surface area (Å²) < 4.78 is 1.02. The summed E-state index contributed by atoms with van der Waals surface area (Å²) in [5.74, 6) is -0.0270. The molecule has 0 spiro atoms. The molecule has 2 N–H and O–H groups in total. The average molecular weight is 286 g/mol. The predicted molar refractivity (Wildman–Crippen MR) is 67.2 cm³/mol. The zero-order valence-corrected chi connectivity index (χ0v) is 10.8. The van der Waals surface area contributed by atoms with Crippen molar-refractivity contribution < 1.29 is 9.90 Å². The Kier molecular flexibility index (Phi) is 5.49. The topological polar surface area (TPSA) is 49.3 Å². The Morgan fingerprint density at radius 2 is 2.31 bits per heavy atom. The zero-order chi connectivity index (χ0) is 12.0. The van der Waals surface area contributed by atoms with Crippen LogP contribution in [0, 0.1) is 0 Å². The number of halogens is 1. The number of hydrogen-bond donors (Lipinski definition) is 2. The third kappa shape index (κ3) is 5.28. The van der Waals surface area contributed by atoms with E-state index in [0.29, 0.717) is 19.4 Å². The molecule has 0 fully saturated rings. The van der Waals surface area contributed by atoms with Gasteiger partial charge in [-0.05, 0) is 31.0 Å². The van der Waals surface area contributed by atoms with E-state index in [9.17, 15) is 4.79 Å². The van der Waals surface area contributed by atoms with Gasteiger partial charge in [0.05, 0.1) is 6.10 Å². The van der Waals surface area contributed by atoms with Crippen LogP contribution in [0.15, 0.2) is 28.7 Å². The molecule has 0 unspecified atom stereocenters. The van der Waals surface area contributed by atoms with Gasteiger partial charge in [-0.25, -0.2) is 0 Å². The van der Waals surface area contributed by atoms with Crippen molar-refractivity contribution in [2.75, 3.05) is 6.54 Å². The van der Waals surface area contributed by atoms with E-state index < -0.39 is 6.10 Å². The highest BCUT2D eigenvalue weighted by atomic mass is 79.9. The molecule has 0 saturated heterocycles. The van der Waals surface area contributed by atoms with Crippen LogP contribution in [-0.2, 0) is 11.2 Å². The molecule has 1 aromatic rings. The Morgan fingerprint density at radius 1 is 1.56 bits per heavy atom. The van der Waals surface area contributed by atoms with Crippen molar-refractivity contribution in [1.82, 2.24) is 5.32 Å². The number of nitrogens with one attached hydrogen (secondary N) is 1. The number of aryl methyl sites for hydroxylation is 1. The van der Waals surface area contributed by atoms with Gasteiger partial charge in [0.2, 0.25) is 5.91 Å². The van der Waals surface area contributed by atoms with Gasteiger partial charge in [0.1, 0.15) is 0 Å². The van der Waals surface area contributed by atoms with Crippen LogP contribution in [0.5, 0.6) is 0 Å². The second kappa shape index (κ2) is 6.66. The van der Waals surface area contributed by atoms with Gasteiger partial charge in [0, 0.05) is 17.4 Å². The van der Waals surface area contributed by atoms with E-state index in [2.05, 4.69) is 21.2 Å². The highest BCUT2D eigenvalue weighted by molar-refractivity contribution is 9.10. The van der Waals surface area contributed by atoms with Crippen molar-refractivity contribution in [3.05, 3.63) is 34.3 Å². The standard InChI is InChI=1S/C12H16BrNO2/c1-9(15)8-14-12(16)6-5-10-3-2-4-11(13)7-10/h2-4,7,9,15H,5-6,8H2,1H3,(H,14,16)/t9-/m1/s1. The number of benzene rings is 1. The average Bonchev–Trinajstić information content (AvgIpc) is 2.23. The first-order valence-corrected chi connectivity index (χ1v) is 6.06. The van der Waals surface area contributed by atoms with Crippen LogP contribution >= 0.6 is 15.9 Å². The quantitative estimate of drug-likeness (QED) is 0.868. The van der Waals surface area contributed by atoms with Gasteiger partial charge in [-0.15, -0.1) is 0 Å². The van der Waals surface area contributed by atoms with E-state index in [-0.39, 0.29) is 5.91 Å². The summed E-state index contributed by atoms with van der Waals surface area (Å²) in [5.41, 5.74) is 1.13. The van der Waals surface area contributed by atoms with Crippen LogP contribution in [0.25, 0.3) is 0 Å². The molecule has 1 amide bonds. The van der Waals surface area contributed by atoms with E-state index in [1.165, 1.54) is 0 Å². The maximum Gasteiger partial charge on any atom is 0.220 e. The lowest BCUT2D eigenvalue weighted by atomic mass is 10.1. The molecule has 0 aromatic heterocycles. The first-order valence-electron chi connectivity index (χ1n) is 5.27. The highest BCUT2D eigenvalue weighted by Crippen LogP contribution is 2.12. The van der Waals surface area contributed by atoms with Gasteiger partial charge in [-0.2, -0.15) is 0 Å². The van der Waals surface area contributed by atoms with Crippen molar-refractivity contribution in [2.45, 2.75) is 25.9 Å². The molecule has 88 valence electrons. The predicted octanol–water partition coefficient (Wildman–Crippen LogP) is 1.88. The number of aliphatic hydroxyl groups is 1. The summed E-state index contributed by atoms with van der Waals surface area (Å²) in [7, 11) is 0. The second-order valence-corrected chi connectivity index (χ2v) is 4.70. The smallest absolute Gasteiger partial charge is 0.220 e. The van der Waals surface area contributed by atoms with Crippen LogP contribution in [0.1, 0.15) is 18.9 Å². The van der Waals surface area contributed by atoms with Crippen molar-refractivity contribution in [3.63, 3.8) is 0 Å². The van der Waals surface area contributed by atoms with Gasteiger partial charge in [-0.1, -0.05) is 28.1 Å². The maximum atomic E-state index is 11.4. The molecular formula is C12H16BrNO2. The lowest BCUT2D eigenvalue weighted by Gasteiger charge is -2.07. The minimum atomic E-state index is -0.491. The third-order valence-electron chi connectivity index (χ3n) is 2.12. The van der Waals surface area contributed by atoms with E-state index in [1.807, 2.05) is 24.3 Å². The van der Waals surface area contributed by atoms with Gasteiger partial charge in [-0.3, -0.25) is 4.79 Å². The van der Waals surface area contributed by atoms with E-state index >= 15 is 0 Å². The summed E-state index contributed by atoms with van der Waals surface area (Å²) in [6, 6.07) is 7.90. The fourth-order valence-corrected chi connectivity index (χ4v) is 1.75. The monoisotopic (exact) mass is 285 g/mol. The number of hydrogen-bond acceptors (Lipinski definition) is 2. The molecule has 0 aliphatic carbocycles. The zero-order valence-electron chi connectivity index (χ0n) is 9.24. The van der Waals surface area contributed by atoms with Gasteiger partial charge < -0.3 is 10.4 Å². The first-order chi connectivity index (χ1) is 7.58. The molecule has 1 atom stereocenters. The van der Waals surface area contributed by atoms with Crippen molar-refractivity contribution >= 4 is 21.8 Å².